The van der Waals surface area contributed by atoms with Crippen LogP contribution in [-0.4, -0.2) is 31.4 Å². The summed E-state index contributed by atoms with van der Waals surface area (Å²) in [5, 5.41) is 4.09. The summed E-state index contributed by atoms with van der Waals surface area (Å²) in [5.74, 6) is -0.167. The standard InChI is InChI=1S/C23H26N4O2S/c1-16-7-9-26(14-19-12-24-17(2)11-25-19)22(28)21(16)23(29)27(20-5-3-4-6-20)13-18-8-10-30-15-18/h7-12,15,20H,3-6,13-14H2,1-2H3. The van der Waals surface area contributed by atoms with Crippen LogP contribution >= 0.6 is 11.3 Å². The molecule has 7 heteroatoms. The number of hydrogen-bond acceptors (Lipinski definition) is 5. The number of rotatable bonds is 6. The first kappa shape index (κ1) is 20.5. The lowest BCUT2D eigenvalue weighted by atomic mass is 10.1. The monoisotopic (exact) mass is 422 g/mol. The van der Waals surface area contributed by atoms with E-state index in [4.69, 9.17) is 0 Å². The Balaban J connectivity index is 1.67. The Morgan fingerprint density at radius 1 is 1.20 bits per heavy atom. The Kier molecular flexibility index (Phi) is 6.08. The van der Waals surface area contributed by atoms with E-state index in [2.05, 4.69) is 15.3 Å². The number of carbonyl (C=O) groups is 1. The summed E-state index contributed by atoms with van der Waals surface area (Å²) < 4.78 is 1.55. The second-order valence-electron chi connectivity index (χ2n) is 7.96. The van der Waals surface area contributed by atoms with Crippen LogP contribution in [0.15, 0.2) is 46.3 Å². The highest BCUT2D eigenvalue weighted by Gasteiger charge is 2.30. The zero-order valence-electron chi connectivity index (χ0n) is 17.4. The molecule has 0 spiro atoms. The topological polar surface area (TPSA) is 68.1 Å². The van der Waals surface area contributed by atoms with Gasteiger partial charge >= 0.3 is 0 Å². The molecule has 3 aromatic rings. The fourth-order valence-electron chi connectivity index (χ4n) is 4.03. The number of carbonyl (C=O) groups excluding carboxylic acids is 1. The smallest absolute Gasteiger partial charge is 0.264 e. The van der Waals surface area contributed by atoms with Crippen LogP contribution in [0.2, 0.25) is 0 Å². The molecular formula is C23H26N4O2S. The molecule has 3 aromatic heterocycles. The van der Waals surface area contributed by atoms with Crippen molar-refractivity contribution in [3.63, 3.8) is 0 Å². The number of hydrogen-bond donors (Lipinski definition) is 0. The lowest BCUT2D eigenvalue weighted by Crippen LogP contribution is -2.42. The molecule has 3 heterocycles. The summed E-state index contributed by atoms with van der Waals surface area (Å²) in [7, 11) is 0. The SMILES string of the molecule is Cc1cnc(Cn2ccc(C)c(C(=O)N(Cc3ccsc3)C3CCCC3)c2=O)cn1. The Bertz CT molecular complexity index is 1070. The molecule has 1 aliphatic rings. The van der Waals surface area contributed by atoms with Crippen molar-refractivity contribution in [2.24, 2.45) is 0 Å². The summed E-state index contributed by atoms with van der Waals surface area (Å²) in [4.78, 5) is 37.4. The minimum atomic E-state index is -0.268. The molecule has 0 N–H and O–H groups in total. The zero-order chi connectivity index (χ0) is 21.1. The van der Waals surface area contributed by atoms with Crippen LogP contribution in [0.1, 0.15) is 58.6 Å². The van der Waals surface area contributed by atoms with E-state index < -0.39 is 0 Å². The Labute approximate surface area is 180 Å². The minimum Gasteiger partial charge on any atom is -0.331 e. The van der Waals surface area contributed by atoms with Crippen molar-refractivity contribution in [2.75, 3.05) is 0 Å². The van der Waals surface area contributed by atoms with E-state index >= 15 is 0 Å². The average molecular weight is 423 g/mol. The second kappa shape index (κ2) is 8.92. The third kappa shape index (κ3) is 4.36. The van der Waals surface area contributed by atoms with Gasteiger partial charge in [0.15, 0.2) is 0 Å². The maximum Gasteiger partial charge on any atom is 0.264 e. The van der Waals surface area contributed by atoms with Crippen LogP contribution in [-0.2, 0) is 13.1 Å². The lowest BCUT2D eigenvalue weighted by molar-refractivity contribution is 0.0661. The number of aryl methyl sites for hydroxylation is 2. The number of pyridine rings is 1. The third-order valence-electron chi connectivity index (χ3n) is 5.71. The normalized spacial score (nSPS) is 14.2. The summed E-state index contributed by atoms with van der Waals surface area (Å²) in [5.41, 5.74) is 3.34. The molecule has 0 aliphatic heterocycles. The first-order chi connectivity index (χ1) is 14.5. The molecule has 0 atom stereocenters. The molecular weight excluding hydrogens is 396 g/mol. The highest BCUT2D eigenvalue weighted by Crippen LogP contribution is 2.27. The maximum atomic E-state index is 13.6. The Hall–Kier alpha value is -2.80. The lowest BCUT2D eigenvalue weighted by Gasteiger charge is -2.29. The van der Waals surface area contributed by atoms with Crippen molar-refractivity contribution in [3.8, 4) is 0 Å². The Morgan fingerprint density at radius 2 is 2.00 bits per heavy atom. The van der Waals surface area contributed by atoms with Crippen molar-refractivity contribution in [1.82, 2.24) is 19.4 Å². The van der Waals surface area contributed by atoms with Gasteiger partial charge in [0.2, 0.25) is 0 Å². The average Bonchev–Trinajstić information content (AvgIpc) is 3.44. The summed E-state index contributed by atoms with van der Waals surface area (Å²) in [6, 6.07) is 4.08. The predicted octanol–water partition coefficient (Wildman–Crippen LogP) is 3.95. The van der Waals surface area contributed by atoms with Gasteiger partial charge in [-0.15, -0.1) is 0 Å². The van der Waals surface area contributed by atoms with Crippen molar-refractivity contribution < 1.29 is 4.79 Å². The Morgan fingerprint density at radius 3 is 2.67 bits per heavy atom. The van der Waals surface area contributed by atoms with Gasteiger partial charge in [0.25, 0.3) is 11.5 Å². The van der Waals surface area contributed by atoms with Gasteiger partial charge in [0.1, 0.15) is 5.56 Å². The molecule has 0 radical (unpaired) electrons. The van der Waals surface area contributed by atoms with Gasteiger partial charge in [-0.1, -0.05) is 12.8 Å². The molecule has 0 unspecified atom stereocenters. The fourth-order valence-corrected chi connectivity index (χ4v) is 4.69. The molecule has 1 fully saturated rings. The molecule has 0 aromatic carbocycles. The van der Waals surface area contributed by atoms with E-state index in [9.17, 15) is 9.59 Å². The molecule has 1 saturated carbocycles. The largest absolute Gasteiger partial charge is 0.331 e. The van der Waals surface area contributed by atoms with Crippen LogP contribution in [0.3, 0.4) is 0 Å². The van der Waals surface area contributed by atoms with E-state index in [1.54, 1.807) is 34.5 Å². The van der Waals surface area contributed by atoms with Crippen LogP contribution in [0, 0.1) is 13.8 Å². The van der Waals surface area contributed by atoms with E-state index in [0.717, 1.165) is 36.9 Å². The van der Waals surface area contributed by atoms with Crippen molar-refractivity contribution >= 4 is 17.2 Å². The van der Waals surface area contributed by atoms with Crippen LogP contribution < -0.4 is 5.56 Å². The molecule has 156 valence electrons. The predicted molar refractivity (Wildman–Crippen MR) is 118 cm³/mol. The summed E-state index contributed by atoms with van der Waals surface area (Å²) >= 11 is 1.63. The number of aromatic nitrogens is 3. The minimum absolute atomic E-state index is 0.167. The van der Waals surface area contributed by atoms with Gasteiger partial charge in [0.05, 0.1) is 24.1 Å². The van der Waals surface area contributed by atoms with Gasteiger partial charge in [-0.2, -0.15) is 11.3 Å². The molecule has 0 saturated heterocycles. The van der Waals surface area contributed by atoms with Crippen molar-refractivity contribution in [3.05, 3.63) is 79.9 Å². The molecule has 4 rings (SSSR count). The van der Waals surface area contributed by atoms with E-state index in [0.29, 0.717) is 24.3 Å². The number of nitrogens with zero attached hydrogens (tertiary/aromatic N) is 4. The molecule has 30 heavy (non-hydrogen) atoms. The maximum absolute atomic E-state index is 13.6. The highest BCUT2D eigenvalue weighted by atomic mass is 32.1. The quantitative estimate of drug-likeness (QED) is 0.603. The summed E-state index contributed by atoms with van der Waals surface area (Å²) in [6.07, 6.45) is 9.33. The molecule has 0 bridgehead atoms. The van der Waals surface area contributed by atoms with Crippen LogP contribution in [0.4, 0.5) is 0 Å². The van der Waals surface area contributed by atoms with Gasteiger partial charge in [-0.05, 0) is 60.7 Å². The second-order valence-corrected chi connectivity index (χ2v) is 8.74. The van der Waals surface area contributed by atoms with Gasteiger partial charge < -0.3 is 9.47 Å². The third-order valence-corrected chi connectivity index (χ3v) is 6.45. The number of amides is 1. The molecule has 1 amide bonds. The van der Waals surface area contributed by atoms with E-state index in [-0.39, 0.29) is 23.1 Å². The number of thiophene rings is 1. The first-order valence-corrected chi connectivity index (χ1v) is 11.3. The van der Waals surface area contributed by atoms with Crippen LogP contribution in [0.25, 0.3) is 0 Å². The van der Waals surface area contributed by atoms with Crippen LogP contribution in [0.5, 0.6) is 0 Å². The van der Waals surface area contributed by atoms with Gasteiger partial charge in [0, 0.05) is 25.0 Å². The van der Waals surface area contributed by atoms with E-state index in [1.807, 2.05) is 36.3 Å². The fraction of sp³-hybridized carbons (Fsp3) is 0.391. The van der Waals surface area contributed by atoms with Gasteiger partial charge in [-0.3, -0.25) is 19.6 Å². The molecule has 1 aliphatic carbocycles. The highest BCUT2D eigenvalue weighted by molar-refractivity contribution is 7.07. The summed E-state index contributed by atoms with van der Waals surface area (Å²) in [6.45, 7) is 4.55. The van der Waals surface area contributed by atoms with Crippen molar-refractivity contribution in [2.45, 2.75) is 58.7 Å². The van der Waals surface area contributed by atoms with Gasteiger partial charge in [-0.25, -0.2) is 0 Å². The van der Waals surface area contributed by atoms with Crippen molar-refractivity contribution in [1.29, 1.82) is 0 Å². The first-order valence-electron chi connectivity index (χ1n) is 10.3. The van der Waals surface area contributed by atoms with E-state index in [1.165, 1.54) is 0 Å². The molecule has 6 nitrogen and oxygen atoms in total. The zero-order valence-corrected chi connectivity index (χ0v) is 18.2.